The predicted octanol–water partition coefficient (Wildman–Crippen LogP) is 2.24. The fourth-order valence-corrected chi connectivity index (χ4v) is 1.62. The van der Waals surface area contributed by atoms with E-state index in [-0.39, 0.29) is 0 Å². The number of aromatic nitrogens is 3. The summed E-state index contributed by atoms with van der Waals surface area (Å²) < 4.78 is 5.43. The van der Waals surface area contributed by atoms with E-state index in [1.54, 1.807) is 6.20 Å². The average molecular weight is 219 g/mol. The minimum atomic E-state index is 0.715. The average Bonchev–Trinajstić information content (AvgIpc) is 2.69. The number of rotatable bonds is 5. The lowest BCUT2D eigenvalue weighted by Gasteiger charge is -1.99. The number of nitrogens with one attached hydrogen (secondary N) is 1. The zero-order chi connectivity index (χ0) is 11.4. The summed E-state index contributed by atoms with van der Waals surface area (Å²) in [5, 5.41) is 0. The van der Waals surface area contributed by atoms with Crippen molar-refractivity contribution >= 4 is 11.2 Å². The molecule has 0 aromatic carbocycles. The fourth-order valence-electron chi connectivity index (χ4n) is 1.62. The van der Waals surface area contributed by atoms with Crippen LogP contribution < -0.4 is 0 Å². The van der Waals surface area contributed by atoms with Crippen molar-refractivity contribution in [3.63, 3.8) is 0 Å². The van der Waals surface area contributed by atoms with Crippen molar-refractivity contribution in [3.8, 4) is 0 Å². The van der Waals surface area contributed by atoms with Crippen molar-refractivity contribution in [1.29, 1.82) is 0 Å². The van der Waals surface area contributed by atoms with E-state index in [1.807, 2.05) is 6.07 Å². The molecule has 0 aliphatic carbocycles. The Morgan fingerprint density at radius 2 is 2.25 bits per heavy atom. The van der Waals surface area contributed by atoms with Gasteiger partial charge in [-0.25, -0.2) is 9.97 Å². The van der Waals surface area contributed by atoms with Gasteiger partial charge in [0.25, 0.3) is 0 Å². The highest BCUT2D eigenvalue weighted by molar-refractivity contribution is 5.74. The molecule has 0 radical (unpaired) electrons. The maximum Gasteiger partial charge on any atom is 0.177 e. The third-order valence-corrected chi connectivity index (χ3v) is 2.48. The normalized spacial score (nSPS) is 11.1. The van der Waals surface area contributed by atoms with Gasteiger partial charge in [0.2, 0.25) is 0 Å². The number of pyridine rings is 1. The van der Waals surface area contributed by atoms with Crippen molar-refractivity contribution < 1.29 is 4.74 Å². The number of hydrogen-bond donors (Lipinski definition) is 1. The van der Waals surface area contributed by atoms with Crippen LogP contribution in [0.15, 0.2) is 12.3 Å². The van der Waals surface area contributed by atoms with E-state index in [2.05, 4.69) is 28.8 Å². The van der Waals surface area contributed by atoms with E-state index >= 15 is 0 Å². The van der Waals surface area contributed by atoms with Gasteiger partial charge in [-0.15, -0.1) is 0 Å². The summed E-state index contributed by atoms with van der Waals surface area (Å²) in [5.41, 5.74) is 3.01. The van der Waals surface area contributed by atoms with Crippen LogP contribution in [0.2, 0.25) is 0 Å². The molecule has 4 nitrogen and oxygen atoms in total. The van der Waals surface area contributed by atoms with Gasteiger partial charge >= 0.3 is 0 Å². The van der Waals surface area contributed by atoms with Crippen LogP contribution in [0.5, 0.6) is 0 Å². The molecule has 0 aliphatic heterocycles. The van der Waals surface area contributed by atoms with E-state index in [0.717, 1.165) is 36.4 Å². The van der Waals surface area contributed by atoms with Gasteiger partial charge in [0.1, 0.15) is 5.82 Å². The van der Waals surface area contributed by atoms with Crippen molar-refractivity contribution in [2.45, 2.75) is 26.7 Å². The van der Waals surface area contributed by atoms with Crippen LogP contribution in [-0.4, -0.2) is 28.2 Å². The number of fused-ring (bicyclic) bond motifs is 1. The Morgan fingerprint density at radius 3 is 3.00 bits per heavy atom. The molecule has 0 fully saturated rings. The monoisotopic (exact) mass is 219 g/mol. The van der Waals surface area contributed by atoms with Crippen LogP contribution in [0, 0.1) is 6.92 Å². The molecule has 0 atom stereocenters. The molecule has 2 heterocycles. The van der Waals surface area contributed by atoms with Crippen LogP contribution in [0.3, 0.4) is 0 Å². The van der Waals surface area contributed by atoms with Gasteiger partial charge < -0.3 is 9.72 Å². The number of imidazole rings is 1. The minimum absolute atomic E-state index is 0.715. The summed E-state index contributed by atoms with van der Waals surface area (Å²) in [4.78, 5) is 11.9. The Morgan fingerprint density at radius 1 is 1.38 bits per heavy atom. The maximum atomic E-state index is 5.43. The smallest absolute Gasteiger partial charge is 0.177 e. The third kappa shape index (κ3) is 2.39. The molecule has 86 valence electrons. The lowest BCUT2D eigenvalue weighted by atomic mass is 10.3. The van der Waals surface area contributed by atoms with Crippen molar-refractivity contribution in [2.75, 3.05) is 13.2 Å². The molecule has 0 aliphatic rings. The van der Waals surface area contributed by atoms with E-state index in [0.29, 0.717) is 6.61 Å². The summed E-state index contributed by atoms with van der Waals surface area (Å²) in [5.74, 6) is 0.952. The highest BCUT2D eigenvalue weighted by Gasteiger charge is 2.05. The summed E-state index contributed by atoms with van der Waals surface area (Å²) >= 11 is 0. The molecule has 2 rings (SSSR count). The van der Waals surface area contributed by atoms with Crippen molar-refractivity contribution in [2.24, 2.45) is 0 Å². The lowest BCUT2D eigenvalue weighted by molar-refractivity contribution is 0.137. The first-order valence-electron chi connectivity index (χ1n) is 5.69. The van der Waals surface area contributed by atoms with Gasteiger partial charge in [0.05, 0.1) is 12.1 Å². The van der Waals surface area contributed by atoms with E-state index in [9.17, 15) is 0 Å². The summed E-state index contributed by atoms with van der Waals surface area (Å²) in [6.45, 7) is 5.69. The molecule has 0 amide bonds. The summed E-state index contributed by atoms with van der Waals surface area (Å²) in [7, 11) is 0. The van der Waals surface area contributed by atoms with Gasteiger partial charge in [-0.1, -0.05) is 6.92 Å². The highest BCUT2D eigenvalue weighted by Crippen LogP contribution is 2.12. The number of aromatic amines is 1. The molecule has 2 aromatic heterocycles. The molecular formula is C12H17N3O. The van der Waals surface area contributed by atoms with Gasteiger partial charge in [-0.05, 0) is 25.0 Å². The van der Waals surface area contributed by atoms with Crippen LogP contribution in [0.4, 0.5) is 0 Å². The Labute approximate surface area is 95.1 Å². The predicted molar refractivity (Wildman–Crippen MR) is 63.4 cm³/mol. The number of ether oxygens (including phenoxy) is 1. The van der Waals surface area contributed by atoms with E-state index < -0.39 is 0 Å². The number of hydrogen-bond acceptors (Lipinski definition) is 3. The first kappa shape index (κ1) is 11.1. The number of H-pyrrole nitrogens is 1. The Bertz CT molecular complexity index is 464. The van der Waals surface area contributed by atoms with Crippen molar-refractivity contribution in [1.82, 2.24) is 15.0 Å². The molecule has 1 N–H and O–H groups in total. The molecule has 0 spiro atoms. The van der Waals surface area contributed by atoms with Gasteiger partial charge in [-0.2, -0.15) is 0 Å². The molecule has 16 heavy (non-hydrogen) atoms. The molecule has 0 unspecified atom stereocenters. The van der Waals surface area contributed by atoms with Crippen molar-refractivity contribution in [3.05, 3.63) is 23.7 Å². The molecule has 0 bridgehead atoms. The SMILES string of the molecule is CCCOCCc1nc2nccc(C)c2[nH]1. The van der Waals surface area contributed by atoms with Crippen LogP contribution in [0.25, 0.3) is 11.2 Å². The fraction of sp³-hybridized carbons (Fsp3) is 0.500. The second-order valence-electron chi connectivity index (χ2n) is 3.87. The number of nitrogens with zero attached hydrogens (tertiary/aromatic N) is 2. The Balaban J connectivity index is 2.05. The Hall–Kier alpha value is -1.42. The molecule has 0 saturated carbocycles. The molecule has 0 saturated heterocycles. The van der Waals surface area contributed by atoms with E-state index in [1.165, 1.54) is 5.56 Å². The molecular weight excluding hydrogens is 202 g/mol. The quantitative estimate of drug-likeness (QED) is 0.784. The topological polar surface area (TPSA) is 50.8 Å². The van der Waals surface area contributed by atoms with Gasteiger partial charge in [0.15, 0.2) is 5.65 Å². The first-order valence-corrected chi connectivity index (χ1v) is 5.69. The van der Waals surface area contributed by atoms with Gasteiger partial charge in [-0.3, -0.25) is 0 Å². The molecule has 4 heteroatoms. The largest absolute Gasteiger partial charge is 0.381 e. The second-order valence-corrected chi connectivity index (χ2v) is 3.87. The summed E-state index contributed by atoms with van der Waals surface area (Å²) in [6, 6.07) is 1.98. The number of aryl methyl sites for hydroxylation is 1. The van der Waals surface area contributed by atoms with Gasteiger partial charge in [0, 0.05) is 19.2 Å². The lowest BCUT2D eigenvalue weighted by Crippen LogP contribution is -2.00. The zero-order valence-corrected chi connectivity index (χ0v) is 9.79. The maximum absolute atomic E-state index is 5.43. The third-order valence-electron chi connectivity index (χ3n) is 2.48. The Kier molecular flexibility index (Phi) is 3.51. The zero-order valence-electron chi connectivity index (χ0n) is 9.79. The standard InChI is InChI=1S/C12H17N3O/c1-3-7-16-8-5-10-14-11-9(2)4-6-13-12(11)15-10/h4,6H,3,5,7-8H2,1-2H3,(H,13,14,15). The minimum Gasteiger partial charge on any atom is -0.381 e. The van der Waals surface area contributed by atoms with Crippen LogP contribution in [0.1, 0.15) is 24.7 Å². The first-order chi connectivity index (χ1) is 7.81. The van der Waals surface area contributed by atoms with E-state index in [4.69, 9.17) is 4.74 Å². The molecule has 2 aromatic rings. The summed E-state index contributed by atoms with van der Waals surface area (Å²) in [6.07, 6.45) is 3.66. The van der Waals surface area contributed by atoms with Crippen LogP contribution >= 0.6 is 0 Å². The second kappa shape index (κ2) is 5.07. The highest BCUT2D eigenvalue weighted by atomic mass is 16.5. The van der Waals surface area contributed by atoms with Crippen LogP contribution in [-0.2, 0) is 11.2 Å².